The Kier molecular flexibility index (Phi) is 7.74. The Hall–Kier alpha value is -3.94. The van der Waals surface area contributed by atoms with Crippen molar-refractivity contribution in [3.63, 3.8) is 0 Å². The van der Waals surface area contributed by atoms with Crippen LogP contribution in [0.3, 0.4) is 0 Å². The molecule has 11 heteroatoms. The normalized spacial score (nSPS) is 18.3. The summed E-state index contributed by atoms with van der Waals surface area (Å²) in [6.45, 7) is 3.19. The number of hydrogen-bond donors (Lipinski definition) is 1. The molecule has 1 aliphatic heterocycles. The molecular weight excluding hydrogens is 460 g/mol. The van der Waals surface area contributed by atoms with Crippen LogP contribution in [0.2, 0.25) is 0 Å². The third-order valence-electron chi connectivity index (χ3n) is 5.92. The zero-order valence-corrected chi connectivity index (χ0v) is 19.5. The van der Waals surface area contributed by atoms with Gasteiger partial charge in [-0.2, -0.15) is 5.26 Å². The van der Waals surface area contributed by atoms with Crippen LogP contribution in [0, 0.1) is 34.8 Å². The highest BCUT2D eigenvalue weighted by Gasteiger charge is 2.36. The molecule has 3 amide bonds. The molecular formula is C24H25F2N5O4. The van der Waals surface area contributed by atoms with Gasteiger partial charge < -0.3 is 19.9 Å². The summed E-state index contributed by atoms with van der Waals surface area (Å²) < 4.78 is 27.4. The standard InChI is InChI=1S/C24H25F2N5O4/c1-13(2)22(24(35)30(3)11-21(33)31-10-14(12-32)6-16(31)9-27)29-23(34)19-5-4-17-18(26)7-15(25)8-20(17)28-19/h4-5,7-8,12-14,16,22H,6,10-11H2,1-3H3,(H,29,34). The molecule has 9 nitrogen and oxygen atoms in total. The van der Waals surface area contributed by atoms with E-state index in [1.807, 2.05) is 6.07 Å². The van der Waals surface area contributed by atoms with Crippen molar-refractivity contribution in [3.8, 4) is 6.07 Å². The number of aldehydes is 1. The highest BCUT2D eigenvalue weighted by Crippen LogP contribution is 2.22. The first kappa shape index (κ1) is 25.7. The molecule has 2 aromatic rings. The quantitative estimate of drug-likeness (QED) is 0.595. The maximum absolute atomic E-state index is 13.9. The minimum absolute atomic E-state index is 0.0448. The van der Waals surface area contributed by atoms with Crippen LogP contribution in [0.15, 0.2) is 24.3 Å². The summed E-state index contributed by atoms with van der Waals surface area (Å²) in [6.07, 6.45) is 0.959. The van der Waals surface area contributed by atoms with Gasteiger partial charge in [0, 0.05) is 37.0 Å². The Morgan fingerprint density at radius 3 is 2.66 bits per heavy atom. The van der Waals surface area contributed by atoms with Crippen LogP contribution >= 0.6 is 0 Å². The molecule has 184 valence electrons. The van der Waals surface area contributed by atoms with E-state index in [0.29, 0.717) is 12.4 Å². The van der Waals surface area contributed by atoms with Crippen molar-refractivity contribution in [2.75, 3.05) is 20.1 Å². The number of nitrogens with zero attached hydrogens (tertiary/aromatic N) is 4. The molecule has 1 aliphatic rings. The number of halogens is 2. The molecule has 0 saturated carbocycles. The molecule has 1 saturated heterocycles. The molecule has 0 aliphatic carbocycles. The summed E-state index contributed by atoms with van der Waals surface area (Å²) >= 11 is 0. The molecule has 1 fully saturated rings. The van der Waals surface area contributed by atoms with Crippen molar-refractivity contribution in [2.45, 2.75) is 32.4 Å². The van der Waals surface area contributed by atoms with E-state index < -0.39 is 47.4 Å². The maximum atomic E-state index is 13.9. The van der Waals surface area contributed by atoms with Crippen LogP contribution in [0.5, 0.6) is 0 Å². The summed E-state index contributed by atoms with van der Waals surface area (Å²) in [5.41, 5.74) is -0.176. The molecule has 2 heterocycles. The van der Waals surface area contributed by atoms with E-state index in [-0.39, 0.29) is 42.0 Å². The molecule has 0 radical (unpaired) electrons. The summed E-state index contributed by atoms with van der Waals surface area (Å²) in [4.78, 5) is 56.1. The van der Waals surface area contributed by atoms with E-state index >= 15 is 0 Å². The van der Waals surface area contributed by atoms with E-state index in [2.05, 4.69) is 10.3 Å². The first-order chi connectivity index (χ1) is 16.5. The summed E-state index contributed by atoms with van der Waals surface area (Å²) in [5.74, 6) is -4.18. The number of likely N-dealkylation sites (tertiary alicyclic amines) is 1. The van der Waals surface area contributed by atoms with Gasteiger partial charge in [0.1, 0.15) is 35.7 Å². The number of benzene rings is 1. The predicted molar refractivity (Wildman–Crippen MR) is 121 cm³/mol. The first-order valence-electron chi connectivity index (χ1n) is 11.0. The van der Waals surface area contributed by atoms with Crippen molar-refractivity contribution in [1.82, 2.24) is 20.1 Å². The van der Waals surface area contributed by atoms with E-state index in [4.69, 9.17) is 0 Å². The average molecular weight is 485 g/mol. The number of hydrogen-bond acceptors (Lipinski definition) is 6. The fourth-order valence-electron chi connectivity index (χ4n) is 3.99. The van der Waals surface area contributed by atoms with Crippen LogP contribution in [0.25, 0.3) is 10.9 Å². The minimum Gasteiger partial charge on any atom is -0.339 e. The second kappa shape index (κ2) is 10.5. The highest BCUT2D eigenvalue weighted by molar-refractivity contribution is 5.98. The Labute approximate surface area is 200 Å². The molecule has 1 aromatic heterocycles. The largest absolute Gasteiger partial charge is 0.339 e. The zero-order chi connectivity index (χ0) is 25.9. The highest BCUT2D eigenvalue weighted by atomic mass is 19.1. The SMILES string of the molecule is CC(C)C(NC(=O)c1ccc2c(F)cc(F)cc2n1)C(=O)N(C)CC(=O)N1CC(C=O)CC1C#N. The van der Waals surface area contributed by atoms with E-state index in [1.165, 1.54) is 24.1 Å². The fourth-order valence-corrected chi connectivity index (χ4v) is 3.99. The number of pyridine rings is 1. The average Bonchev–Trinajstić information content (AvgIpc) is 3.25. The maximum Gasteiger partial charge on any atom is 0.270 e. The number of carbonyl (C=O) groups excluding carboxylic acids is 4. The number of carbonyl (C=O) groups is 4. The molecule has 35 heavy (non-hydrogen) atoms. The monoisotopic (exact) mass is 485 g/mol. The Balaban J connectivity index is 1.72. The van der Waals surface area contributed by atoms with Crippen molar-refractivity contribution in [3.05, 3.63) is 41.6 Å². The van der Waals surface area contributed by atoms with Gasteiger partial charge in [0.2, 0.25) is 11.8 Å². The first-order valence-corrected chi connectivity index (χ1v) is 11.0. The van der Waals surface area contributed by atoms with Crippen LogP contribution in [-0.4, -0.2) is 71.0 Å². The van der Waals surface area contributed by atoms with Crippen molar-refractivity contribution >= 4 is 34.9 Å². The molecule has 1 N–H and O–H groups in total. The number of fused-ring (bicyclic) bond motifs is 1. The lowest BCUT2D eigenvalue weighted by Gasteiger charge is -2.28. The van der Waals surface area contributed by atoms with Gasteiger partial charge in [0.05, 0.1) is 18.1 Å². The Bertz CT molecular complexity index is 1210. The smallest absolute Gasteiger partial charge is 0.270 e. The minimum atomic E-state index is -1.02. The van der Waals surface area contributed by atoms with Crippen molar-refractivity contribution in [2.24, 2.45) is 11.8 Å². The topological polar surface area (TPSA) is 123 Å². The second-order valence-electron chi connectivity index (χ2n) is 8.86. The van der Waals surface area contributed by atoms with Gasteiger partial charge in [-0.15, -0.1) is 0 Å². The van der Waals surface area contributed by atoms with Crippen molar-refractivity contribution in [1.29, 1.82) is 5.26 Å². The molecule has 1 aromatic carbocycles. The molecule has 3 unspecified atom stereocenters. The summed E-state index contributed by atoms with van der Waals surface area (Å²) in [7, 11) is 1.40. The summed E-state index contributed by atoms with van der Waals surface area (Å²) in [6, 6.07) is 4.53. The molecule has 0 bridgehead atoms. The lowest BCUT2D eigenvalue weighted by atomic mass is 10.0. The third kappa shape index (κ3) is 5.59. The third-order valence-corrected chi connectivity index (χ3v) is 5.92. The van der Waals surface area contributed by atoms with Gasteiger partial charge >= 0.3 is 0 Å². The van der Waals surface area contributed by atoms with Crippen LogP contribution in [0.4, 0.5) is 8.78 Å². The zero-order valence-electron chi connectivity index (χ0n) is 19.5. The van der Waals surface area contributed by atoms with Crippen LogP contribution in [0.1, 0.15) is 30.8 Å². The van der Waals surface area contributed by atoms with Gasteiger partial charge in [0.25, 0.3) is 5.91 Å². The molecule has 0 spiro atoms. The van der Waals surface area contributed by atoms with Gasteiger partial charge in [-0.25, -0.2) is 13.8 Å². The molecule has 3 atom stereocenters. The number of nitrogens with one attached hydrogen (secondary N) is 1. The number of rotatable bonds is 7. The van der Waals surface area contributed by atoms with Crippen molar-refractivity contribution < 1.29 is 28.0 Å². The summed E-state index contributed by atoms with van der Waals surface area (Å²) in [5, 5.41) is 11.9. The van der Waals surface area contributed by atoms with Crippen LogP contribution in [-0.2, 0) is 14.4 Å². The fraction of sp³-hybridized carbons (Fsp3) is 0.417. The molecule has 3 rings (SSSR count). The van der Waals surface area contributed by atoms with Gasteiger partial charge in [-0.3, -0.25) is 14.4 Å². The lowest BCUT2D eigenvalue weighted by Crippen LogP contribution is -2.52. The van der Waals surface area contributed by atoms with Gasteiger partial charge in [-0.1, -0.05) is 13.8 Å². The van der Waals surface area contributed by atoms with Gasteiger partial charge in [0.15, 0.2) is 0 Å². The second-order valence-corrected chi connectivity index (χ2v) is 8.86. The number of nitriles is 1. The van der Waals surface area contributed by atoms with Crippen LogP contribution < -0.4 is 5.32 Å². The van der Waals surface area contributed by atoms with E-state index in [0.717, 1.165) is 11.0 Å². The Morgan fingerprint density at radius 1 is 1.31 bits per heavy atom. The number of likely N-dealkylation sites (N-methyl/N-ethyl adjacent to an activating group) is 1. The predicted octanol–water partition coefficient (Wildman–Crippen LogP) is 1.67. The lowest BCUT2D eigenvalue weighted by molar-refractivity contribution is -0.141. The van der Waals surface area contributed by atoms with E-state index in [9.17, 15) is 33.2 Å². The Morgan fingerprint density at radius 2 is 2.03 bits per heavy atom. The van der Waals surface area contributed by atoms with Gasteiger partial charge in [-0.05, 0) is 24.5 Å². The number of amides is 3. The van der Waals surface area contributed by atoms with E-state index in [1.54, 1.807) is 13.8 Å². The number of aromatic nitrogens is 1.